The van der Waals surface area contributed by atoms with Gasteiger partial charge in [0.05, 0.1) is 12.9 Å². The van der Waals surface area contributed by atoms with Crippen LogP contribution in [0.4, 0.5) is 0 Å². The zero-order valence-corrected chi connectivity index (χ0v) is 19.9. The van der Waals surface area contributed by atoms with Crippen molar-refractivity contribution in [2.75, 3.05) is 12.9 Å². The second-order valence-corrected chi connectivity index (χ2v) is 9.29. The Hall–Kier alpha value is -2.47. The Bertz CT molecular complexity index is 868. The first-order valence-corrected chi connectivity index (χ1v) is 12.5. The number of nitrogens with one attached hydrogen (secondary N) is 1. The number of nitrogens with zero attached hydrogens (tertiary/aromatic N) is 1. The van der Waals surface area contributed by atoms with Crippen molar-refractivity contribution in [3.05, 3.63) is 60.2 Å². The molecule has 1 unspecified atom stereocenters. The first kappa shape index (κ1) is 24.2. The molecule has 32 heavy (non-hydrogen) atoms. The SMILES string of the molecule is CCC(C(=O)NC1CCCCC1)N(Cc1cccc(OC)c1)C(=O)CSc1ccccc1. The summed E-state index contributed by atoms with van der Waals surface area (Å²) in [7, 11) is 1.63. The summed E-state index contributed by atoms with van der Waals surface area (Å²) in [5.74, 6) is 0.960. The first-order chi connectivity index (χ1) is 15.6. The highest BCUT2D eigenvalue weighted by Gasteiger charge is 2.30. The lowest BCUT2D eigenvalue weighted by atomic mass is 9.95. The molecule has 0 aliphatic heterocycles. The molecule has 2 aromatic rings. The molecular weight excluding hydrogens is 420 g/mol. The predicted octanol–water partition coefficient (Wildman–Crippen LogP) is 5.04. The van der Waals surface area contributed by atoms with Gasteiger partial charge in [0.1, 0.15) is 11.8 Å². The lowest BCUT2D eigenvalue weighted by molar-refractivity contribution is -0.139. The molecule has 0 heterocycles. The van der Waals surface area contributed by atoms with Gasteiger partial charge in [0.2, 0.25) is 11.8 Å². The number of rotatable bonds is 10. The second-order valence-electron chi connectivity index (χ2n) is 8.24. The molecule has 0 spiro atoms. The van der Waals surface area contributed by atoms with E-state index >= 15 is 0 Å². The summed E-state index contributed by atoms with van der Waals surface area (Å²) >= 11 is 1.50. The van der Waals surface area contributed by atoms with Crippen LogP contribution < -0.4 is 10.1 Å². The minimum atomic E-state index is -0.494. The van der Waals surface area contributed by atoms with Gasteiger partial charge in [-0.25, -0.2) is 0 Å². The number of hydrogen-bond acceptors (Lipinski definition) is 4. The monoisotopic (exact) mass is 454 g/mol. The maximum absolute atomic E-state index is 13.4. The van der Waals surface area contributed by atoms with Crippen LogP contribution in [0.1, 0.15) is 51.0 Å². The Labute approximate surface area is 195 Å². The Morgan fingerprint density at radius 1 is 1.09 bits per heavy atom. The van der Waals surface area contributed by atoms with Crippen molar-refractivity contribution in [1.82, 2.24) is 10.2 Å². The normalized spacial score (nSPS) is 15.1. The molecule has 3 rings (SSSR count). The number of thioether (sulfide) groups is 1. The summed E-state index contributed by atoms with van der Waals surface area (Å²) in [5, 5.41) is 3.22. The third-order valence-corrected chi connectivity index (χ3v) is 6.93. The van der Waals surface area contributed by atoms with Crippen LogP contribution in [0, 0.1) is 0 Å². The third kappa shape index (κ3) is 7.02. The van der Waals surface area contributed by atoms with Crippen LogP contribution in [-0.2, 0) is 16.1 Å². The average molecular weight is 455 g/mol. The minimum absolute atomic E-state index is 0.0349. The van der Waals surface area contributed by atoms with E-state index in [9.17, 15) is 9.59 Å². The van der Waals surface area contributed by atoms with E-state index in [2.05, 4.69) is 5.32 Å². The smallest absolute Gasteiger partial charge is 0.243 e. The van der Waals surface area contributed by atoms with Gasteiger partial charge in [0, 0.05) is 17.5 Å². The third-order valence-electron chi connectivity index (χ3n) is 5.93. The van der Waals surface area contributed by atoms with Crippen LogP contribution in [0.5, 0.6) is 5.75 Å². The van der Waals surface area contributed by atoms with Crippen molar-refractivity contribution in [2.24, 2.45) is 0 Å². The van der Waals surface area contributed by atoms with E-state index in [1.807, 2.05) is 61.5 Å². The largest absolute Gasteiger partial charge is 0.497 e. The lowest BCUT2D eigenvalue weighted by Gasteiger charge is -2.32. The summed E-state index contributed by atoms with van der Waals surface area (Å²) in [5.41, 5.74) is 0.950. The second kappa shape index (κ2) is 12.5. The van der Waals surface area contributed by atoms with E-state index in [0.29, 0.717) is 18.7 Å². The Kier molecular flexibility index (Phi) is 9.47. The molecule has 2 amide bonds. The number of methoxy groups -OCH3 is 1. The number of hydrogen-bond donors (Lipinski definition) is 1. The van der Waals surface area contributed by atoms with Gasteiger partial charge >= 0.3 is 0 Å². The molecule has 0 bridgehead atoms. The van der Waals surface area contributed by atoms with Crippen molar-refractivity contribution in [2.45, 2.75) is 69.0 Å². The zero-order chi connectivity index (χ0) is 22.8. The standard InChI is InChI=1S/C26H34N2O3S/c1-3-24(26(30)27-21-12-6-4-7-13-21)28(18-20-11-10-14-22(17-20)31-2)25(29)19-32-23-15-8-5-9-16-23/h5,8-11,14-17,21,24H,3-4,6-7,12-13,18-19H2,1-2H3,(H,27,30). The average Bonchev–Trinajstić information content (AvgIpc) is 2.83. The first-order valence-electron chi connectivity index (χ1n) is 11.5. The van der Waals surface area contributed by atoms with Gasteiger partial charge in [0.15, 0.2) is 0 Å². The number of ether oxygens (including phenoxy) is 1. The molecule has 0 saturated heterocycles. The van der Waals surface area contributed by atoms with Crippen LogP contribution in [0.3, 0.4) is 0 Å². The van der Waals surface area contributed by atoms with Crippen LogP contribution in [0.2, 0.25) is 0 Å². The molecule has 1 aliphatic carbocycles. The lowest BCUT2D eigenvalue weighted by Crippen LogP contribution is -2.52. The van der Waals surface area contributed by atoms with Gasteiger partial charge in [-0.1, -0.05) is 56.5 Å². The van der Waals surface area contributed by atoms with Crippen LogP contribution in [0.25, 0.3) is 0 Å². The topological polar surface area (TPSA) is 58.6 Å². The maximum Gasteiger partial charge on any atom is 0.243 e. The van der Waals surface area contributed by atoms with E-state index < -0.39 is 6.04 Å². The summed E-state index contributed by atoms with van der Waals surface area (Å²) in [6.45, 7) is 2.35. The van der Waals surface area contributed by atoms with Crippen LogP contribution >= 0.6 is 11.8 Å². The number of amides is 2. The molecule has 172 valence electrons. The molecule has 1 N–H and O–H groups in total. The van der Waals surface area contributed by atoms with Crippen molar-refractivity contribution in [3.63, 3.8) is 0 Å². The summed E-state index contributed by atoms with van der Waals surface area (Å²) in [6.07, 6.45) is 6.17. The fraction of sp³-hybridized carbons (Fsp3) is 0.462. The molecule has 1 fully saturated rings. The van der Waals surface area contributed by atoms with Crippen molar-refractivity contribution in [1.29, 1.82) is 0 Å². The van der Waals surface area contributed by atoms with E-state index in [4.69, 9.17) is 4.74 Å². The van der Waals surface area contributed by atoms with E-state index in [0.717, 1.165) is 41.9 Å². The van der Waals surface area contributed by atoms with Crippen LogP contribution in [-0.4, -0.2) is 41.7 Å². The van der Waals surface area contributed by atoms with E-state index in [1.165, 1.54) is 18.2 Å². The van der Waals surface area contributed by atoms with Crippen molar-refractivity contribution in [3.8, 4) is 5.75 Å². The van der Waals surface area contributed by atoms with Gasteiger partial charge < -0.3 is 15.0 Å². The zero-order valence-electron chi connectivity index (χ0n) is 19.1. The highest BCUT2D eigenvalue weighted by molar-refractivity contribution is 8.00. The van der Waals surface area contributed by atoms with Gasteiger partial charge in [-0.05, 0) is 49.1 Å². The summed E-state index contributed by atoms with van der Waals surface area (Å²) < 4.78 is 5.35. The van der Waals surface area contributed by atoms with Crippen molar-refractivity contribution >= 4 is 23.6 Å². The number of carbonyl (C=O) groups excluding carboxylic acids is 2. The van der Waals surface area contributed by atoms with E-state index in [-0.39, 0.29) is 17.9 Å². The van der Waals surface area contributed by atoms with Crippen molar-refractivity contribution < 1.29 is 14.3 Å². The van der Waals surface area contributed by atoms with Crippen LogP contribution in [0.15, 0.2) is 59.5 Å². The molecule has 1 aliphatic rings. The Morgan fingerprint density at radius 2 is 1.84 bits per heavy atom. The molecule has 2 aromatic carbocycles. The van der Waals surface area contributed by atoms with Gasteiger partial charge in [-0.15, -0.1) is 11.8 Å². The minimum Gasteiger partial charge on any atom is -0.497 e. The fourth-order valence-corrected chi connectivity index (χ4v) is 4.98. The van der Waals surface area contributed by atoms with Gasteiger partial charge in [0.25, 0.3) is 0 Å². The number of carbonyl (C=O) groups is 2. The molecule has 5 nitrogen and oxygen atoms in total. The maximum atomic E-state index is 13.4. The highest BCUT2D eigenvalue weighted by Crippen LogP contribution is 2.22. The van der Waals surface area contributed by atoms with E-state index in [1.54, 1.807) is 12.0 Å². The molecule has 6 heteroatoms. The molecule has 1 saturated carbocycles. The fourth-order valence-electron chi connectivity index (χ4n) is 4.18. The number of benzene rings is 2. The van der Waals surface area contributed by atoms with Gasteiger partial charge in [-0.2, -0.15) is 0 Å². The molecular formula is C26H34N2O3S. The summed E-state index contributed by atoms with van der Waals surface area (Å²) in [4.78, 5) is 29.4. The molecule has 0 radical (unpaired) electrons. The Balaban J connectivity index is 1.76. The Morgan fingerprint density at radius 3 is 2.53 bits per heavy atom. The predicted molar refractivity (Wildman–Crippen MR) is 130 cm³/mol. The molecule has 1 atom stereocenters. The summed E-state index contributed by atoms with van der Waals surface area (Å²) in [6, 6.07) is 17.3. The quantitative estimate of drug-likeness (QED) is 0.511. The highest BCUT2D eigenvalue weighted by atomic mass is 32.2. The molecule has 0 aromatic heterocycles. The van der Waals surface area contributed by atoms with Gasteiger partial charge in [-0.3, -0.25) is 9.59 Å².